The van der Waals surface area contributed by atoms with Crippen molar-refractivity contribution < 1.29 is 28.2 Å². The minimum absolute atomic E-state index is 0.104. The molecule has 0 aromatic heterocycles. The van der Waals surface area contributed by atoms with E-state index in [-0.39, 0.29) is 15.5 Å². The number of nitrogens with zero attached hydrogens (tertiary/aromatic N) is 1. The fraction of sp³-hybridized carbons (Fsp3) is 0.200. The largest absolute Gasteiger partial charge is 0.480 e. The van der Waals surface area contributed by atoms with Gasteiger partial charge in [-0.15, -0.1) is 0 Å². The predicted molar refractivity (Wildman–Crippen MR) is 65.9 cm³/mol. The van der Waals surface area contributed by atoms with Crippen LogP contribution in [-0.4, -0.2) is 48.5 Å². The summed E-state index contributed by atoms with van der Waals surface area (Å²) >= 11 is 5.62. The third-order valence-electron chi connectivity index (χ3n) is 2.23. The molecule has 0 saturated carbocycles. The Morgan fingerprint density at radius 1 is 1.32 bits per heavy atom. The third-order valence-corrected chi connectivity index (χ3v) is 4.36. The molecule has 1 rings (SSSR count). The van der Waals surface area contributed by atoms with Crippen LogP contribution in [0.4, 0.5) is 0 Å². The van der Waals surface area contributed by atoms with Crippen LogP contribution >= 0.6 is 11.6 Å². The molecule has 0 radical (unpaired) electrons. The second-order valence-corrected chi connectivity index (χ2v) is 6.05. The smallest absolute Gasteiger partial charge is 0.337 e. The highest BCUT2D eigenvalue weighted by Gasteiger charge is 2.24. The first-order chi connectivity index (χ1) is 8.66. The Morgan fingerprint density at radius 3 is 2.37 bits per heavy atom. The number of carboxylic acid groups (broad SMARTS) is 2. The van der Waals surface area contributed by atoms with E-state index in [2.05, 4.69) is 0 Å². The summed E-state index contributed by atoms with van der Waals surface area (Å²) in [4.78, 5) is 21.0. The van der Waals surface area contributed by atoms with Crippen molar-refractivity contribution in [2.75, 3.05) is 13.6 Å². The van der Waals surface area contributed by atoms with Crippen LogP contribution in [0.25, 0.3) is 0 Å². The molecule has 0 atom stereocenters. The van der Waals surface area contributed by atoms with Gasteiger partial charge in [0.15, 0.2) is 0 Å². The number of hydrogen-bond donors (Lipinski definition) is 2. The first-order valence-electron chi connectivity index (χ1n) is 4.87. The number of carboxylic acids is 2. The number of likely N-dealkylation sites (N-methyl/N-ethyl adjacent to an activating group) is 1. The van der Waals surface area contributed by atoms with Crippen molar-refractivity contribution in [3.63, 3.8) is 0 Å². The molecular weight excluding hydrogens is 298 g/mol. The maximum absolute atomic E-state index is 12.0. The van der Waals surface area contributed by atoms with Gasteiger partial charge in [0, 0.05) is 7.05 Å². The molecule has 0 bridgehead atoms. The molecule has 0 aliphatic rings. The van der Waals surface area contributed by atoms with Gasteiger partial charge in [-0.25, -0.2) is 13.2 Å². The Morgan fingerprint density at radius 2 is 1.89 bits per heavy atom. The van der Waals surface area contributed by atoms with Gasteiger partial charge in [0.2, 0.25) is 10.0 Å². The average molecular weight is 308 g/mol. The lowest BCUT2D eigenvalue weighted by Crippen LogP contribution is -2.32. The molecule has 0 aliphatic heterocycles. The van der Waals surface area contributed by atoms with Crippen molar-refractivity contribution in [1.29, 1.82) is 0 Å². The molecule has 0 saturated heterocycles. The van der Waals surface area contributed by atoms with Crippen LogP contribution in [0.1, 0.15) is 10.4 Å². The van der Waals surface area contributed by atoms with Crippen LogP contribution in [0, 0.1) is 0 Å². The van der Waals surface area contributed by atoms with Gasteiger partial charge in [0.1, 0.15) is 6.54 Å². The Balaban J connectivity index is 3.26. The maximum atomic E-state index is 12.0. The number of rotatable bonds is 5. The number of benzene rings is 1. The second kappa shape index (κ2) is 5.55. The van der Waals surface area contributed by atoms with Crippen LogP contribution in [0.5, 0.6) is 0 Å². The van der Waals surface area contributed by atoms with Gasteiger partial charge in [-0.2, -0.15) is 4.31 Å². The van der Waals surface area contributed by atoms with Crippen LogP contribution in [0.2, 0.25) is 5.02 Å². The third kappa shape index (κ3) is 3.43. The van der Waals surface area contributed by atoms with Gasteiger partial charge in [0.25, 0.3) is 0 Å². The van der Waals surface area contributed by atoms with Crippen molar-refractivity contribution in [2.45, 2.75) is 4.90 Å². The highest BCUT2D eigenvalue weighted by molar-refractivity contribution is 7.89. The molecule has 19 heavy (non-hydrogen) atoms. The Bertz CT molecular complexity index is 627. The van der Waals surface area contributed by atoms with Crippen molar-refractivity contribution in [2.24, 2.45) is 0 Å². The zero-order valence-electron chi connectivity index (χ0n) is 9.70. The molecule has 0 fully saturated rings. The van der Waals surface area contributed by atoms with Crippen molar-refractivity contribution in [3.8, 4) is 0 Å². The summed E-state index contributed by atoms with van der Waals surface area (Å²) < 4.78 is 24.6. The molecule has 0 amide bonds. The molecule has 7 nitrogen and oxygen atoms in total. The first kappa shape index (κ1) is 15.4. The first-order valence-corrected chi connectivity index (χ1v) is 6.69. The monoisotopic (exact) mass is 307 g/mol. The Kier molecular flexibility index (Phi) is 4.51. The number of halogens is 1. The van der Waals surface area contributed by atoms with Crippen molar-refractivity contribution in [1.82, 2.24) is 4.31 Å². The lowest BCUT2D eigenvalue weighted by molar-refractivity contribution is -0.137. The zero-order chi connectivity index (χ0) is 14.8. The Labute approximate surface area is 114 Å². The van der Waals surface area contributed by atoms with Gasteiger partial charge in [-0.1, -0.05) is 11.6 Å². The molecule has 1 aromatic rings. The fourth-order valence-electron chi connectivity index (χ4n) is 1.28. The van der Waals surface area contributed by atoms with Crippen LogP contribution in [-0.2, 0) is 14.8 Å². The van der Waals surface area contributed by atoms with Crippen molar-refractivity contribution in [3.05, 3.63) is 28.8 Å². The van der Waals surface area contributed by atoms with Crippen LogP contribution in [0.15, 0.2) is 23.1 Å². The summed E-state index contributed by atoms with van der Waals surface area (Å²) in [6.45, 7) is -0.729. The average Bonchev–Trinajstić information content (AvgIpc) is 2.27. The van der Waals surface area contributed by atoms with E-state index >= 15 is 0 Å². The molecular formula is C10H10ClNO6S. The normalized spacial score (nSPS) is 11.5. The number of aliphatic carboxylic acids is 1. The quantitative estimate of drug-likeness (QED) is 0.830. The molecule has 2 N–H and O–H groups in total. The predicted octanol–water partition coefficient (Wildman–Crippen LogP) is 0.743. The summed E-state index contributed by atoms with van der Waals surface area (Å²) in [5.41, 5.74) is -0.369. The van der Waals surface area contributed by atoms with E-state index in [1.165, 1.54) is 0 Å². The molecule has 0 aliphatic carbocycles. The highest BCUT2D eigenvalue weighted by Crippen LogP contribution is 2.22. The zero-order valence-corrected chi connectivity index (χ0v) is 11.3. The summed E-state index contributed by atoms with van der Waals surface area (Å²) in [5, 5.41) is 17.3. The summed E-state index contributed by atoms with van der Waals surface area (Å²) in [6.07, 6.45) is 0. The second-order valence-electron chi connectivity index (χ2n) is 3.60. The van der Waals surface area contributed by atoms with E-state index in [4.69, 9.17) is 21.8 Å². The van der Waals surface area contributed by atoms with Gasteiger partial charge >= 0.3 is 11.9 Å². The maximum Gasteiger partial charge on any atom is 0.337 e. The van der Waals surface area contributed by atoms with E-state index in [1.807, 2.05) is 0 Å². The van der Waals surface area contributed by atoms with Gasteiger partial charge in [-0.3, -0.25) is 4.79 Å². The molecule has 0 heterocycles. The minimum atomic E-state index is -4.08. The van der Waals surface area contributed by atoms with Gasteiger partial charge < -0.3 is 10.2 Å². The molecule has 0 spiro atoms. The number of sulfonamides is 1. The SMILES string of the molecule is CN(CC(=O)O)S(=O)(=O)c1ccc(Cl)c(C(=O)O)c1. The van der Waals surface area contributed by atoms with Crippen molar-refractivity contribution >= 4 is 33.6 Å². The van der Waals surface area contributed by atoms with Crippen LogP contribution in [0.3, 0.4) is 0 Å². The summed E-state index contributed by atoms with van der Waals surface area (Å²) in [5.74, 6) is -2.69. The fourth-order valence-corrected chi connectivity index (χ4v) is 2.63. The van der Waals surface area contributed by atoms with E-state index in [1.54, 1.807) is 0 Å². The topological polar surface area (TPSA) is 112 Å². The summed E-state index contributed by atoms with van der Waals surface area (Å²) in [7, 11) is -2.99. The number of hydrogen-bond acceptors (Lipinski definition) is 4. The van der Waals surface area contributed by atoms with Crippen LogP contribution < -0.4 is 0 Å². The highest BCUT2D eigenvalue weighted by atomic mass is 35.5. The molecule has 9 heteroatoms. The van der Waals surface area contributed by atoms with E-state index in [0.717, 1.165) is 25.2 Å². The number of carbonyl (C=O) groups is 2. The molecule has 104 valence electrons. The lowest BCUT2D eigenvalue weighted by Gasteiger charge is -2.15. The van der Waals surface area contributed by atoms with E-state index in [9.17, 15) is 18.0 Å². The van der Waals surface area contributed by atoms with E-state index in [0.29, 0.717) is 4.31 Å². The van der Waals surface area contributed by atoms with E-state index < -0.39 is 28.5 Å². The summed E-state index contributed by atoms with van der Waals surface area (Å²) in [6, 6.07) is 3.13. The standard InChI is InChI=1S/C10H10ClNO6S/c1-12(5-9(13)14)19(17,18)6-2-3-8(11)7(4-6)10(15)16/h2-4H,5H2,1H3,(H,13,14)(H,15,16). The molecule has 1 aromatic carbocycles. The Hall–Kier alpha value is -1.64. The van der Waals surface area contributed by atoms with Gasteiger partial charge in [-0.05, 0) is 18.2 Å². The number of aromatic carboxylic acids is 1. The lowest BCUT2D eigenvalue weighted by atomic mass is 10.2. The molecule has 0 unspecified atom stereocenters. The van der Waals surface area contributed by atoms with Gasteiger partial charge in [0.05, 0.1) is 15.5 Å². The minimum Gasteiger partial charge on any atom is -0.480 e.